The molecular weight excluding hydrogens is 252 g/mol. The third-order valence-electron chi connectivity index (χ3n) is 1.38. The maximum atomic E-state index is 4.60. The summed E-state index contributed by atoms with van der Waals surface area (Å²) in [4.78, 5) is 0. The van der Waals surface area contributed by atoms with E-state index in [1.807, 2.05) is 62.3 Å². The third-order valence-corrected chi connectivity index (χ3v) is 1.38. The lowest BCUT2D eigenvalue weighted by Crippen LogP contribution is -1.73. The summed E-state index contributed by atoms with van der Waals surface area (Å²) in [6.07, 6.45) is 7.54. The second-order valence-electron chi connectivity index (χ2n) is 2.83. The molecule has 21 heavy (non-hydrogen) atoms. The molecule has 0 heterocycles. The fourth-order valence-corrected chi connectivity index (χ4v) is 0.354. The summed E-state index contributed by atoms with van der Waals surface area (Å²) < 4.78 is 0. The highest BCUT2D eigenvalue weighted by atomic mass is 13.9. The monoisotopic (exact) mass is 300 g/mol. The van der Waals surface area contributed by atoms with Crippen LogP contribution in [0.15, 0.2) is 23.8 Å². The van der Waals surface area contributed by atoms with Crippen molar-refractivity contribution >= 4 is 0 Å². The Hall–Kier alpha value is -0.960. The lowest BCUT2D eigenvalue weighted by molar-refractivity contribution is 1.05. The first-order chi connectivity index (χ1) is 10.0. The largest absolute Gasteiger partial charge is 0.120 e. The van der Waals surface area contributed by atoms with Gasteiger partial charge in [-0.2, -0.15) is 0 Å². The van der Waals surface area contributed by atoms with Crippen molar-refractivity contribution in [2.75, 3.05) is 0 Å². The predicted octanol–water partition coefficient (Wildman–Crippen LogP) is 8.69. The minimum atomic E-state index is 1.20. The third kappa shape index (κ3) is 218. The normalized spacial score (nSPS) is 5.00. The smallest absolute Gasteiger partial charge is 0.00297 e. The number of hydrogen-bond acceptors (Lipinski definition) is 0. The van der Waals surface area contributed by atoms with Gasteiger partial charge < -0.3 is 0 Å². The molecule has 0 unspecified atom stereocenters. The maximum Gasteiger partial charge on any atom is -0.00297 e. The van der Waals surface area contributed by atoms with Gasteiger partial charge in [0.25, 0.3) is 0 Å². The first kappa shape index (κ1) is 42.7. The van der Waals surface area contributed by atoms with Crippen molar-refractivity contribution in [2.45, 2.75) is 103 Å². The van der Waals surface area contributed by atoms with Crippen LogP contribution in [0.1, 0.15) is 103 Å². The molecule has 0 aromatic heterocycles. The van der Waals surface area contributed by atoms with E-state index in [1.54, 1.807) is 13.0 Å². The molecule has 0 radical (unpaired) electrons. The number of rotatable bonds is 1. The van der Waals surface area contributed by atoms with Gasteiger partial charge in [-0.15, -0.1) is 18.9 Å². The summed E-state index contributed by atoms with van der Waals surface area (Å²) in [5, 5.41) is 0. The second-order valence-corrected chi connectivity index (χ2v) is 2.83. The molecule has 0 rings (SSSR count). The molecule has 0 amide bonds. The van der Waals surface area contributed by atoms with Gasteiger partial charge in [0.05, 0.1) is 0 Å². The van der Waals surface area contributed by atoms with E-state index in [4.69, 9.17) is 0 Å². The Morgan fingerprint density at radius 2 is 1.05 bits per heavy atom. The predicted molar refractivity (Wildman–Crippen MR) is 110 cm³/mol. The van der Waals surface area contributed by atoms with Gasteiger partial charge in [0.1, 0.15) is 0 Å². The maximum absolute atomic E-state index is 4.60. The summed E-state index contributed by atoms with van der Waals surface area (Å²) >= 11 is 0. The van der Waals surface area contributed by atoms with Gasteiger partial charge >= 0.3 is 0 Å². The Kier molecular flexibility index (Phi) is 195. The Bertz CT molecular complexity index is 161. The van der Waals surface area contributed by atoms with E-state index < -0.39 is 0 Å². The van der Waals surface area contributed by atoms with Crippen molar-refractivity contribution in [3.63, 3.8) is 0 Å². The average Bonchev–Trinajstić information content (AvgIpc) is 2.55. The molecule has 0 fully saturated rings. The van der Waals surface area contributed by atoms with Gasteiger partial charge in [-0.05, 0) is 41.0 Å². The first-order valence-corrected chi connectivity index (χ1v) is 8.58. The fourth-order valence-electron chi connectivity index (χ4n) is 0.354. The van der Waals surface area contributed by atoms with Crippen LogP contribution in [0.2, 0.25) is 0 Å². The fraction of sp³-hybridized carbons (Fsp3) is 0.714. The highest BCUT2D eigenvalue weighted by molar-refractivity contribution is 5.05. The highest BCUT2D eigenvalue weighted by Gasteiger charge is 1.82. The van der Waals surface area contributed by atoms with E-state index in [9.17, 15) is 0 Å². The number of hydrogen-bond donors (Lipinski definition) is 0. The standard InChI is InChI=1S/C7H14.C3H6.C3H4.4C2H6/c1-5-7(4)6(2)3;2*1-3-2;4*1-2/h5H2,1-4H3;3H,1H2,2H3;1H,2H3;4*1-2H3. The van der Waals surface area contributed by atoms with Crippen LogP contribution in [-0.2, 0) is 0 Å². The Morgan fingerprint density at radius 3 is 1.05 bits per heavy atom. The molecule has 0 atom stereocenters. The van der Waals surface area contributed by atoms with Gasteiger partial charge in [-0.1, -0.05) is 79.5 Å². The molecular formula is C21H48. The van der Waals surface area contributed by atoms with E-state index in [2.05, 4.69) is 46.6 Å². The van der Waals surface area contributed by atoms with Crippen LogP contribution in [0, 0.1) is 12.3 Å². The topological polar surface area (TPSA) is 0 Å². The zero-order valence-corrected chi connectivity index (χ0v) is 18.1. The van der Waals surface area contributed by atoms with Crippen molar-refractivity contribution in [1.29, 1.82) is 0 Å². The molecule has 0 spiro atoms. The second kappa shape index (κ2) is 95.9. The summed E-state index contributed by atoms with van der Waals surface area (Å²) in [5.74, 6) is 2.25. The summed E-state index contributed by atoms with van der Waals surface area (Å²) in [6.45, 7) is 31.6. The van der Waals surface area contributed by atoms with Crippen LogP contribution in [0.3, 0.4) is 0 Å². The molecule has 0 bridgehead atoms. The average molecular weight is 301 g/mol. The van der Waals surface area contributed by atoms with Crippen molar-refractivity contribution in [3.8, 4) is 12.3 Å². The van der Waals surface area contributed by atoms with Gasteiger partial charge in [0.15, 0.2) is 0 Å². The van der Waals surface area contributed by atoms with E-state index in [-0.39, 0.29) is 0 Å². The Labute approximate surface area is 140 Å². The number of terminal acetylenes is 1. The van der Waals surface area contributed by atoms with Crippen molar-refractivity contribution < 1.29 is 0 Å². The van der Waals surface area contributed by atoms with E-state index in [0.29, 0.717) is 0 Å². The number of allylic oxidation sites excluding steroid dienone is 3. The molecule has 0 aliphatic rings. The van der Waals surface area contributed by atoms with E-state index >= 15 is 0 Å². The molecule has 0 heteroatoms. The van der Waals surface area contributed by atoms with Gasteiger partial charge in [0, 0.05) is 0 Å². The van der Waals surface area contributed by atoms with Crippen LogP contribution in [-0.4, -0.2) is 0 Å². The summed E-state index contributed by atoms with van der Waals surface area (Å²) in [6, 6.07) is 0. The zero-order valence-electron chi connectivity index (χ0n) is 18.1. The lowest BCUT2D eigenvalue weighted by Gasteiger charge is -1.94. The lowest BCUT2D eigenvalue weighted by atomic mass is 10.1. The molecule has 0 aliphatic heterocycles. The minimum Gasteiger partial charge on any atom is -0.120 e. The SMILES string of the molecule is C#CC.C=CC.CC.CC.CC.CC.CCC(C)=C(C)C. The van der Waals surface area contributed by atoms with Crippen LogP contribution in [0.4, 0.5) is 0 Å². The van der Waals surface area contributed by atoms with Crippen LogP contribution in [0.5, 0.6) is 0 Å². The summed E-state index contributed by atoms with van der Waals surface area (Å²) in [7, 11) is 0. The van der Waals surface area contributed by atoms with Crippen LogP contribution >= 0.6 is 0 Å². The molecule has 0 saturated heterocycles. The molecule has 0 N–H and O–H groups in total. The molecule has 132 valence electrons. The van der Waals surface area contributed by atoms with Crippen LogP contribution in [0.25, 0.3) is 0 Å². The van der Waals surface area contributed by atoms with Gasteiger partial charge in [-0.3, -0.25) is 0 Å². The molecule has 0 aliphatic carbocycles. The molecule has 0 saturated carbocycles. The van der Waals surface area contributed by atoms with E-state index in [0.717, 1.165) is 0 Å². The van der Waals surface area contributed by atoms with Crippen molar-refractivity contribution in [3.05, 3.63) is 23.8 Å². The molecule has 0 aromatic rings. The molecule has 0 nitrogen and oxygen atoms in total. The molecule has 0 aromatic carbocycles. The van der Waals surface area contributed by atoms with E-state index in [1.165, 1.54) is 17.6 Å². The quantitative estimate of drug-likeness (QED) is 0.335. The zero-order chi connectivity index (χ0) is 19.3. The van der Waals surface area contributed by atoms with Gasteiger partial charge in [0.2, 0.25) is 0 Å². The first-order valence-electron chi connectivity index (χ1n) is 8.58. The Morgan fingerprint density at radius 1 is 0.905 bits per heavy atom. The highest BCUT2D eigenvalue weighted by Crippen LogP contribution is 2.04. The minimum absolute atomic E-state index is 1.20. The van der Waals surface area contributed by atoms with Gasteiger partial charge in [-0.25, -0.2) is 0 Å². The van der Waals surface area contributed by atoms with Crippen molar-refractivity contribution in [2.24, 2.45) is 0 Å². The van der Waals surface area contributed by atoms with Crippen molar-refractivity contribution in [1.82, 2.24) is 0 Å². The Balaban J connectivity index is -0.0000000241. The summed E-state index contributed by atoms with van der Waals surface area (Å²) in [5.41, 5.74) is 2.97. The van der Waals surface area contributed by atoms with Crippen LogP contribution < -0.4 is 0 Å².